The van der Waals surface area contributed by atoms with Crippen molar-refractivity contribution in [3.05, 3.63) is 106 Å². The molecule has 34 heavy (non-hydrogen) atoms. The van der Waals surface area contributed by atoms with Crippen LogP contribution < -0.4 is 10.9 Å². The third-order valence-electron chi connectivity index (χ3n) is 5.53. The van der Waals surface area contributed by atoms with Gasteiger partial charge >= 0.3 is 0 Å². The molecule has 0 aliphatic rings. The normalized spacial score (nSPS) is 11.9. The van der Waals surface area contributed by atoms with Crippen LogP contribution in [0.5, 0.6) is 0 Å². The number of halogens is 1. The Labute approximate surface area is 202 Å². The molecule has 0 bridgehead atoms. The Hall–Kier alpha value is -3.45. The minimum absolute atomic E-state index is 0.0271. The molecule has 3 aromatic carbocycles. The molecule has 0 aliphatic heterocycles. The first-order valence-electron chi connectivity index (χ1n) is 11.2. The van der Waals surface area contributed by atoms with Crippen LogP contribution in [0.3, 0.4) is 0 Å². The predicted molar refractivity (Wildman–Crippen MR) is 135 cm³/mol. The Balaban J connectivity index is 1.46. The highest BCUT2D eigenvalue weighted by atomic mass is 32.2. The Morgan fingerprint density at radius 2 is 1.71 bits per heavy atom. The Kier molecular flexibility index (Phi) is 7.75. The lowest BCUT2D eigenvalue weighted by molar-refractivity contribution is -0.119. The minimum atomic E-state index is -0.333. The summed E-state index contributed by atoms with van der Waals surface area (Å²) in [6.45, 7) is 2.23. The maximum atomic E-state index is 13.3. The van der Waals surface area contributed by atoms with Gasteiger partial charge in [0.25, 0.3) is 5.56 Å². The summed E-state index contributed by atoms with van der Waals surface area (Å²) in [6, 6.07) is 23.4. The second kappa shape index (κ2) is 11.1. The van der Waals surface area contributed by atoms with Crippen LogP contribution in [0.4, 0.5) is 4.39 Å². The van der Waals surface area contributed by atoms with Crippen molar-refractivity contribution in [1.82, 2.24) is 14.9 Å². The van der Waals surface area contributed by atoms with Crippen molar-refractivity contribution in [3.8, 4) is 0 Å². The summed E-state index contributed by atoms with van der Waals surface area (Å²) in [5, 5.41) is 4.00. The molecule has 0 radical (unpaired) electrons. The van der Waals surface area contributed by atoms with Gasteiger partial charge in [-0.3, -0.25) is 14.2 Å². The SMILES string of the molecule is C[C@@H](CCc1ccccc1)NC(=O)CSc1nc2ccccc2c(=O)n1Cc1ccc(F)cc1. The summed E-state index contributed by atoms with van der Waals surface area (Å²) in [5.74, 6) is -0.300. The number of benzene rings is 3. The van der Waals surface area contributed by atoms with Gasteiger partial charge in [0.2, 0.25) is 5.91 Å². The van der Waals surface area contributed by atoms with E-state index in [1.807, 2.05) is 31.2 Å². The van der Waals surface area contributed by atoms with E-state index in [4.69, 9.17) is 0 Å². The number of thioether (sulfide) groups is 1. The molecule has 5 nitrogen and oxygen atoms in total. The number of hydrogen-bond donors (Lipinski definition) is 1. The highest BCUT2D eigenvalue weighted by Crippen LogP contribution is 2.19. The average Bonchev–Trinajstić information content (AvgIpc) is 2.85. The van der Waals surface area contributed by atoms with Gasteiger partial charge in [-0.1, -0.05) is 66.4 Å². The molecule has 7 heteroatoms. The molecule has 174 valence electrons. The first-order chi connectivity index (χ1) is 16.5. The lowest BCUT2D eigenvalue weighted by Gasteiger charge is -2.15. The maximum absolute atomic E-state index is 13.3. The van der Waals surface area contributed by atoms with Crippen LogP contribution >= 0.6 is 11.8 Å². The molecule has 4 rings (SSSR count). The molecule has 0 unspecified atom stereocenters. The van der Waals surface area contributed by atoms with E-state index in [1.54, 1.807) is 34.9 Å². The number of nitrogens with one attached hydrogen (secondary N) is 1. The number of fused-ring (bicyclic) bond motifs is 1. The molecule has 1 atom stereocenters. The fourth-order valence-corrected chi connectivity index (χ4v) is 4.53. The summed E-state index contributed by atoms with van der Waals surface area (Å²) < 4.78 is 14.9. The van der Waals surface area contributed by atoms with E-state index < -0.39 is 0 Å². The Bertz CT molecular complexity index is 1320. The summed E-state index contributed by atoms with van der Waals surface area (Å²) in [6.07, 6.45) is 1.72. The van der Waals surface area contributed by atoms with E-state index in [1.165, 1.54) is 29.5 Å². The first kappa shape index (κ1) is 23.7. The monoisotopic (exact) mass is 475 g/mol. The number of amides is 1. The van der Waals surface area contributed by atoms with Crippen molar-refractivity contribution in [2.24, 2.45) is 0 Å². The van der Waals surface area contributed by atoms with E-state index in [9.17, 15) is 14.0 Å². The van der Waals surface area contributed by atoms with Crippen LogP contribution in [0.2, 0.25) is 0 Å². The topological polar surface area (TPSA) is 64.0 Å². The third-order valence-corrected chi connectivity index (χ3v) is 6.51. The van der Waals surface area contributed by atoms with Gasteiger partial charge in [-0.05, 0) is 55.2 Å². The van der Waals surface area contributed by atoms with Gasteiger partial charge < -0.3 is 5.32 Å². The summed E-state index contributed by atoms with van der Waals surface area (Å²) >= 11 is 1.23. The van der Waals surface area contributed by atoms with E-state index >= 15 is 0 Å². The van der Waals surface area contributed by atoms with Crippen LogP contribution in [0.15, 0.2) is 88.8 Å². The Morgan fingerprint density at radius 3 is 2.47 bits per heavy atom. The number of aromatic nitrogens is 2. The quantitative estimate of drug-likeness (QED) is 0.279. The molecule has 1 amide bonds. The van der Waals surface area contributed by atoms with Crippen LogP contribution in [-0.4, -0.2) is 27.3 Å². The molecule has 1 aromatic heterocycles. The molecule has 0 fully saturated rings. The van der Waals surface area contributed by atoms with Crippen LogP contribution in [0.25, 0.3) is 10.9 Å². The van der Waals surface area contributed by atoms with Gasteiger partial charge in [0, 0.05) is 6.04 Å². The standard InChI is InChI=1S/C27H26FN3O2S/c1-19(11-12-20-7-3-2-4-8-20)29-25(32)18-34-27-30-24-10-6-5-9-23(24)26(33)31(27)17-21-13-15-22(28)16-14-21/h2-10,13-16,19H,11-12,17-18H2,1H3,(H,29,32)/t19-/m0/s1. The lowest BCUT2D eigenvalue weighted by atomic mass is 10.1. The number of rotatable bonds is 9. The van der Waals surface area contributed by atoms with E-state index in [0.717, 1.165) is 18.4 Å². The van der Waals surface area contributed by atoms with Gasteiger partial charge in [0.1, 0.15) is 5.82 Å². The second-order valence-corrected chi connectivity index (χ2v) is 9.15. The highest BCUT2D eigenvalue weighted by Gasteiger charge is 2.15. The van der Waals surface area contributed by atoms with Crippen molar-refractivity contribution in [1.29, 1.82) is 0 Å². The lowest BCUT2D eigenvalue weighted by Crippen LogP contribution is -2.34. The summed E-state index contributed by atoms with van der Waals surface area (Å²) in [7, 11) is 0. The van der Waals surface area contributed by atoms with E-state index in [-0.39, 0.29) is 35.6 Å². The fraction of sp³-hybridized carbons (Fsp3) is 0.222. The predicted octanol–water partition coefficient (Wildman–Crippen LogP) is 4.81. The molecule has 0 saturated heterocycles. The zero-order valence-electron chi connectivity index (χ0n) is 18.9. The summed E-state index contributed by atoms with van der Waals surface area (Å²) in [4.78, 5) is 30.5. The molecule has 1 heterocycles. The van der Waals surface area contributed by atoms with Crippen molar-refractivity contribution in [2.75, 3.05) is 5.75 Å². The number of hydrogen-bond acceptors (Lipinski definition) is 4. The maximum Gasteiger partial charge on any atom is 0.262 e. The van der Waals surface area contributed by atoms with Gasteiger partial charge in [0.15, 0.2) is 5.16 Å². The first-order valence-corrected chi connectivity index (χ1v) is 12.2. The van der Waals surface area contributed by atoms with E-state index in [2.05, 4.69) is 22.4 Å². The van der Waals surface area contributed by atoms with Crippen molar-refractivity contribution in [2.45, 2.75) is 37.5 Å². The van der Waals surface area contributed by atoms with Crippen LogP contribution in [-0.2, 0) is 17.8 Å². The zero-order valence-corrected chi connectivity index (χ0v) is 19.7. The van der Waals surface area contributed by atoms with Crippen LogP contribution in [0.1, 0.15) is 24.5 Å². The largest absolute Gasteiger partial charge is 0.353 e. The fourth-order valence-electron chi connectivity index (χ4n) is 3.72. The average molecular weight is 476 g/mol. The van der Waals surface area contributed by atoms with Crippen molar-refractivity contribution in [3.63, 3.8) is 0 Å². The summed E-state index contributed by atoms with van der Waals surface area (Å²) in [5.41, 5.74) is 2.42. The number of nitrogens with zero attached hydrogens (tertiary/aromatic N) is 2. The molecular weight excluding hydrogens is 449 g/mol. The number of carbonyl (C=O) groups is 1. The number of carbonyl (C=O) groups excluding carboxylic acids is 1. The molecule has 1 N–H and O–H groups in total. The van der Waals surface area contributed by atoms with Crippen molar-refractivity contribution >= 4 is 28.6 Å². The molecule has 0 saturated carbocycles. The molecule has 4 aromatic rings. The zero-order chi connectivity index (χ0) is 23.9. The van der Waals surface area contributed by atoms with Gasteiger partial charge in [0.05, 0.1) is 23.2 Å². The third kappa shape index (κ3) is 6.11. The van der Waals surface area contributed by atoms with Crippen LogP contribution in [0, 0.1) is 5.82 Å². The highest BCUT2D eigenvalue weighted by molar-refractivity contribution is 7.99. The van der Waals surface area contributed by atoms with Crippen molar-refractivity contribution < 1.29 is 9.18 Å². The minimum Gasteiger partial charge on any atom is -0.353 e. The van der Waals surface area contributed by atoms with Gasteiger partial charge in [-0.2, -0.15) is 0 Å². The smallest absolute Gasteiger partial charge is 0.262 e. The van der Waals surface area contributed by atoms with Gasteiger partial charge in [-0.15, -0.1) is 0 Å². The molecule has 0 spiro atoms. The molecule has 0 aliphatic carbocycles. The van der Waals surface area contributed by atoms with Gasteiger partial charge in [-0.25, -0.2) is 9.37 Å². The number of aryl methyl sites for hydroxylation is 1. The number of para-hydroxylation sites is 1. The van der Waals surface area contributed by atoms with E-state index in [0.29, 0.717) is 16.1 Å². The molecular formula is C27H26FN3O2S. The second-order valence-electron chi connectivity index (χ2n) is 8.21. The Morgan fingerprint density at radius 1 is 1.00 bits per heavy atom.